The molecule has 3 N–H and O–H groups in total. The van der Waals surface area contributed by atoms with E-state index in [0.717, 1.165) is 29.4 Å². The number of carbonyl (C=O) groups is 1. The van der Waals surface area contributed by atoms with Gasteiger partial charge in [-0.1, -0.05) is 0 Å². The lowest BCUT2D eigenvalue weighted by atomic mass is 10.1. The van der Waals surface area contributed by atoms with Crippen molar-refractivity contribution >= 4 is 33.7 Å². The quantitative estimate of drug-likeness (QED) is 0.217. The van der Waals surface area contributed by atoms with Crippen molar-refractivity contribution in [2.24, 2.45) is 5.92 Å². The number of likely N-dealkylation sites (N-methyl/N-ethyl adjacent to an activating group) is 1. The third-order valence-corrected chi connectivity index (χ3v) is 7.23. The number of carbonyl (C=O) groups excluding carboxylic acids is 1. The number of ether oxygens (including phenoxy) is 1. The van der Waals surface area contributed by atoms with E-state index in [2.05, 4.69) is 30.5 Å². The van der Waals surface area contributed by atoms with Gasteiger partial charge in [0.2, 0.25) is 5.91 Å². The first-order chi connectivity index (χ1) is 20.9. The number of aromatic nitrogens is 7. The van der Waals surface area contributed by atoms with Gasteiger partial charge in [0.25, 0.3) is 0 Å². The number of pyridine rings is 3. The van der Waals surface area contributed by atoms with Gasteiger partial charge >= 0.3 is 0 Å². The summed E-state index contributed by atoms with van der Waals surface area (Å²) in [5.74, 6) is 0.599. The molecule has 1 aliphatic rings. The van der Waals surface area contributed by atoms with Gasteiger partial charge in [0, 0.05) is 42.0 Å². The van der Waals surface area contributed by atoms with E-state index in [9.17, 15) is 9.18 Å². The van der Waals surface area contributed by atoms with E-state index in [0.29, 0.717) is 64.1 Å². The number of nitrogens with one attached hydrogen (secondary N) is 3. The van der Waals surface area contributed by atoms with E-state index in [1.807, 2.05) is 43.3 Å². The molecule has 1 fully saturated rings. The van der Waals surface area contributed by atoms with Crippen LogP contribution in [0.4, 0.5) is 10.1 Å². The van der Waals surface area contributed by atoms with Gasteiger partial charge in [0.15, 0.2) is 11.5 Å². The lowest BCUT2D eigenvalue weighted by Crippen LogP contribution is -2.19. The molecule has 0 atom stereocenters. The summed E-state index contributed by atoms with van der Waals surface area (Å²) in [6.45, 7) is 1.13. The van der Waals surface area contributed by atoms with Gasteiger partial charge < -0.3 is 19.9 Å². The number of benzene rings is 1. The number of rotatable bonds is 9. The highest BCUT2D eigenvalue weighted by Crippen LogP contribution is 2.33. The fourth-order valence-electron chi connectivity index (χ4n) is 4.85. The van der Waals surface area contributed by atoms with Crippen LogP contribution >= 0.6 is 0 Å². The van der Waals surface area contributed by atoms with Crippen LogP contribution in [0, 0.1) is 11.7 Å². The second-order valence-corrected chi connectivity index (χ2v) is 10.9. The average Bonchev–Trinajstić information content (AvgIpc) is 3.62. The summed E-state index contributed by atoms with van der Waals surface area (Å²) in [7, 11) is 3.90. The first kappa shape index (κ1) is 26.7. The summed E-state index contributed by atoms with van der Waals surface area (Å²) in [6, 6.07) is 12.0. The molecule has 1 amide bonds. The molecule has 5 aromatic heterocycles. The highest BCUT2D eigenvalue weighted by molar-refractivity contribution is 5.96. The summed E-state index contributed by atoms with van der Waals surface area (Å²) in [4.78, 5) is 36.1. The topological polar surface area (TPSA) is 138 Å². The molecule has 0 aliphatic heterocycles. The fraction of sp³-hybridized carbons (Fsp3) is 0.226. The first-order valence-corrected chi connectivity index (χ1v) is 14.0. The van der Waals surface area contributed by atoms with E-state index in [1.54, 1.807) is 24.7 Å². The molecule has 0 saturated heterocycles. The van der Waals surface area contributed by atoms with Crippen LogP contribution in [0.15, 0.2) is 61.1 Å². The molecule has 216 valence electrons. The van der Waals surface area contributed by atoms with Crippen molar-refractivity contribution in [1.82, 2.24) is 40.0 Å². The summed E-state index contributed by atoms with van der Waals surface area (Å²) >= 11 is 0. The van der Waals surface area contributed by atoms with Crippen LogP contribution in [0.3, 0.4) is 0 Å². The molecule has 0 bridgehead atoms. The molecule has 11 nitrogen and oxygen atoms in total. The van der Waals surface area contributed by atoms with Crippen LogP contribution in [0.25, 0.3) is 56.1 Å². The van der Waals surface area contributed by atoms with Crippen LogP contribution in [-0.4, -0.2) is 73.2 Å². The average molecular weight is 578 g/mol. The second kappa shape index (κ2) is 10.9. The number of hydrogen-bond donors (Lipinski definition) is 3. The Morgan fingerprint density at radius 2 is 1.88 bits per heavy atom. The lowest BCUT2D eigenvalue weighted by Gasteiger charge is -2.12. The van der Waals surface area contributed by atoms with Crippen LogP contribution in [0.1, 0.15) is 12.8 Å². The van der Waals surface area contributed by atoms with Crippen molar-refractivity contribution in [1.29, 1.82) is 0 Å². The van der Waals surface area contributed by atoms with Crippen molar-refractivity contribution in [3.8, 4) is 39.8 Å². The molecule has 12 heteroatoms. The normalized spacial score (nSPS) is 13.2. The second-order valence-electron chi connectivity index (χ2n) is 10.9. The maximum atomic E-state index is 14.6. The molecule has 0 spiro atoms. The largest absolute Gasteiger partial charge is 0.492 e. The zero-order valence-corrected chi connectivity index (χ0v) is 23.6. The number of halogens is 1. The third-order valence-electron chi connectivity index (χ3n) is 7.23. The third kappa shape index (κ3) is 5.52. The van der Waals surface area contributed by atoms with E-state index in [4.69, 9.17) is 14.7 Å². The Kier molecular flexibility index (Phi) is 6.74. The molecule has 7 rings (SSSR count). The minimum absolute atomic E-state index is 0.0181. The number of aromatic amines is 2. The van der Waals surface area contributed by atoms with Gasteiger partial charge in [-0.05, 0) is 63.3 Å². The van der Waals surface area contributed by atoms with Crippen LogP contribution in [0.2, 0.25) is 0 Å². The van der Waals surface area contributed by atoms with Crippen LogP contribution in [0.5, 0.6) is 5.75 Å². The molecule has 0 unspecified atom stereocenters. The highest BCUT2D eigenvalue weighted by atomic mass is 19.1. The number of H-pyrrole nitrogens is 2. The van der Waals surface area contributed by atoms with Crippen molar-refractivity contribution in [3.05, 3.63) is 66.9 Å². The van der Waals surface area contributed by atoms with Gasteiger partial charge in [-0.15, -0.1) is 0 Å². The van der Waals surface area contributed by atoms with Gasteiger partial charge in [0.1, 0.15) is 29.2 Å². The summed E-state index contributed by atoms with van der Waals surface area (Å²) in [5.41, 5.74) is 6.28. The lowest BCUT2D eigenvalue weighted by molar-refractivity contribution is -0.117. The van der Waals surface area contributed by atoms with Crippen LogP contribution in [-0.2, 0) is 4.79 Å². The van der Waals surface area contributed by atoms with E-state index >= 15 is 0 Å². The zero-order valence-electron chi connectivity index (χ0n) is 23.6. The minimum atomic E-state index is -0.424. The molecule has 1 aliphatic carbocycles. The number of anilines is 1. The van der Waals surface area contributed by atoms with E-state index in [1.165, 1.54) is 12.1 Å². The van der Waals surface area contributed by atoms with Gasteiger partial charge in [-0.2, -0.15) is 5.10 Å². The van der Waals surface area contributed by atoms with Crippen molar-refractivity contribution in [2.45, 2.75) is 12.8 Å². The number of imidazole rings is 1. The van der Waals surface area contributed by atoms with Gasteiger partial charge in [-0.3, -0.25) is 19.9 Å². The standard InChI is InChI=1S/C31H28FN9O2/c1-41(2)9-10-43-22-13-18(11-20(32)14-22)26-27-24(7-8-34-26)37-30(38-27)29-28-25(39-40-29)6-5-23(36-28)19-12-21(16-33-15-19)35-31(42)17-3-4-17/h5-8,11-17H,3-4,9-10H2,1-2H3,(H,35,42)(H,37,38)(H,39,40). The molecule has 6 aromatic rings. The maximum absolute atomic E-state index is 14.6. The molecular weight excluding hydrogens is 549 g/mol. The zero-order chi connectivity index (χ0) is 29.5. The van der Waals surface area contributed by atoms with Gasteiger partial charge in [-0.25, -0.2) is 14.4 Å². The Morgan fingerprint density at radius 1 is 1.02 bits per heavy atom. The summed E-state index contributed by atoms with van der Waals surface area (Å²) < 4.78 is 20.4. The Balaban J connectivity index is 1.23. The monoisotopic (exact) mass is 577 g/mol. The molecule has 5 heterocycles. The fourth-order valence-corrected chi connectivity index (χ4v) is 4.85. The van der Waals surface area contributed by atoms with Crippen LogP contribution < -0.4 is 10.1 Å². The Hall–Kier alpha value is -5.23. The summed E-state index contributed by atoms with van der Waals surface area (Å²) in [6.07, 6.45) is 6.83. The van der Waals surface area contributed by atoms with Crippen molar-refractivity contribution in [3.63, 3.8) is 0 Å². The molecule has 1 saturated carbocycles. The molecule has 43 heavy (non-hydrogen) atoms. The maximum Gasteiger partial charge on any atom is 0.227 e. The summed E-state index contributed by atoms with van der Waals surface area (Å²) in [5, 5.41) is 10.5. The predicted molar refractivity (Wildman–Crippen MR) is 161 cm³/mol. The Labute approximate surface area is 245 Å². The molecule has 1 aromatic carbocycles. The minimum Gasteiger partial charge on any atom is -0.492 e. The molecular formula is C31H28FN9O2. The predicted octanol–water partition coefficient (Wildman–Crippen LogP) is 5.05. The first-order valence-electron chi connectivity index (χ1n) is 14.0. The molecule has 0 radical (unpaired) electrons. The Bertz CT molecular complexity index is 1980. The van der Waals surface area contributed by atoms with Crippen molar-refractivity contribution in [2.75, 3.05) is 32.6 Å². The number of fused-ring (bicyclic) bond motifs is 2. The number of hydrogen-bond acceptors (Lipinski definition) is 8. The van der Waals surface area contributed by atoms with Gasteiger partial charge in [0.05, 0.1) is 34.3 Å². The van der Waals surface area contributed by atoms with E-state index < -0.39 is 5.82 Å². The van der Waals surface area contributed by atoms with Crippen molar-refractivity contribution < 1.29 is 13.9 Å². The van der Waals surface area contributed by atoms with E-state index in [-0.39, 0.29) is 11.8 Å². The SMILES string of the molecule is CN(C)CCOc1cc(F)cc(-c2nccc3[nH]c(-c4n[nH]c5ccc(-c6cncc(NC(=O)C7CC7)c6)nc45)nc23)c1. The Morgan fingerprint density at radius 3 is 2.72 bits per heavy atom. The number of amides is 1. The smallest absolute Gasteiger partial charge is 0.227 e. The highest BCUT2D eigenvalue weighted by Gasteiger charge is 2.29. The number of nitrogens with zero attached hydrogens (tertiary/aromatic N) is 6.